The molecular weight excluding hydrogens is 372 g/mol. The van der Waals surface area contributed by atoms with Crippen molar-refractivity contribution < 1.29 is 19.3 Å². The van der Waals surface area contributed by atoms with Crippen LogP contribution >= 0.6 is 0 Å². The van der Waals surface area contributed by atoms with Crippen LogP contribution in [-0.2, 0) is 14.2 Å². The Bertz CT molecular complexity index is 1050. The molecule has 4 atom stereocenters. The first-order chi connectivity index (χ1) is 14.1. The third-order valence-electron chi connectivity index (χ3n) is 5.20. The molecule has 2 saturated heterocycles. The number of nitrogens with zero attached hydrogens (tertiary/aromatic N) is 4. The van der Waals surface area contributed by atoms with Gasteiger partial charge in [0.1, 0.15) is 30.2 Å². The monoisotopic (exact) mass is 394 g/mol. The first-order valence-electron chi connectivity index (χ1n) is 9.58. The van der Waals surface area contributed by atoms with Gasteiger partial charge in [0.05, 0.1) is 18.6 Å². The molecule has 4 heterocycles. The van der Waals surface area contributed by atoms with Crippen LogP contribution in [0.15, 0.2) is 43.0 Å². The Morgan fingerprint density at radius 2 is 1.86 bits per heavy atom. The number of fused-ring (bicyclic) bond motifs is 2. The maximum atomic E-state index is 9.71. The highest BCUT2D eigenvalue weighted by atomic mass is 16.8. The second kappa shape index (κ2) is 7.00. The lowest BCUT2D eigenvalue weighted by Crippen LogP contribution is -2.31. The van der Waals surface area contributed by atoms with Crippen molar-refractivity contribution in [3.8, 4) is 0 Å². The summed E-state index contributed by atoms with van der Waals surface area (Å²) in [5.41, 5.74) is 3.11. The fraction of sp³-hybridized carbons (Fsp3) is 0.381. The van der Waals surface area contributed by atoms with Crippen molar-refractivity contribution >= 4 is 23.3 Å². The fourth-order valence-corrected chi connectivity index (χ4v) is 3.95. The van der Waals surface area contributed by atoms with Gasteiger partial charge >= 0.3 is 0 Å². The Hall–Kier alpha value is -2.65. The van der Waals surface area contributed by atoms with Gasteiger partial charge in [0.25, 0.3) is 0 Å². The summed E-state index contributed by atoms with van der Waals surface area (Å²) in [7, 11) is 0. The first-order valence-corrected chi connectivity index (χ1v) is 9.58. The maximum Gasteiger partial charge on any atom is 0.166 e. The zero-order valence-corrected chi connectivity index (χ0v) is 16.2. The lowest BCUT2D eigenvalue weighted by atomic mass is 10.1. The molecule has 8 nitrogen and oxygen atoms in total. The van der Waals surface area contributed by atoms with Crippen LogP contribution in [0.2, 0.25) is 0 Å². The van der Waals surface area contributed by atoms with Crippen molar-refractivity contribution in [1.82, 2.24) is 19.5 Å². The Morgan fingerprint density at radius 1 is 1.07 bits per heavy atom. The predicted octanol–water partition coefficient (Wildman–Crippen LogP) is 2.41. The van der Waals surface area contributed by atoms with Gasteiger partial charge in [0.15, 0.2) is 17.7 Å². The summed E-state index contributed by atoms with van der Waals surface area (Å²) in [6, 6.07) is 10.00. The van der Waals surface area contributed by atoms with Gasteiger partial charge in [-0.3, -0.25) is 4.57 Å². The molecule has 0 unspecified atom stereocenters. The molecule has 2 aromatic heterocycles. The van der Waals surface area contributed by atoms with E-state index in [-0.39, 0.29) is 18.8 Å². The third-order valence-corrected chi connectivity index (χ3v) is 5.20. The molecule has 0 amide bonds. The van der Waals surface area contributed by atoms with Crippen molar-refractivity contribution in [1.29, 1.82) is 0 Å². The van der Waals surface area contributed by atoms with E-state index in [0.29, 0.717) is 11.2 Å². The van der Waals surface area contributed by atoms with Crippen LogP contribution < -0.4 is 0 Å². The van der Waals surface area contributed by atoms with Gasteiger partial charge in [0.2, 0.25) is 0 Å². The summed E-state index contributed by atoms with van der Waals surface area (Å²) in [5.74, 6) is -0.736. The minimum Gasteiger partial charge on any atom is -0.394 e. The molecule has 0 bridgehead atoms. The molecule has 0 spiro atoms. The largest absolute Gasteiger partial charge is 0.394 e. The Balaban J connectivity index is 1.50. The van der Waals surface area contributed by atoms with Crippen LogP contribution in [0.25, 0.3) is 23.3 Å². The van der Waals surface area contributed by atoms with Crippen LogP contribution in [0.3, 0.4) is 0 Å². The second-order valence-electron chi connectivity index (χ2n) is 7.64. The third kappa shape index (κ3) is 3.24. The van der Waals surface area contributed by atoms with Gasteiger partial charge in [-0.2, -0.15) is 0 Å². The molecule has 1 aromatic carbocycles. The molecule has 29 heavy (non-hydrogen) atoms. The van der Waals surface area contributed by atoms with E-state index in [4.69, 9.17) is 14.2 Å². The molecule has 2 aliphatic rings. The number of rotatable bonds is 4. The SMILES string of the molecule is CC1(C)O[C@@H]2[C@H](O1)[C@@H](CO)O[C@H]2n1cnc2c(/C=C/c3ccccc3)ncnc21. The molecule has 2 aliphatic heterocycles. The summed E-state index contributed by atoms with van der Waals surface area (Å²) < 4.78 is 19.9. The average Bonchev–Trinajstić information content (AvgIpc) is 3.37. The van der Waals surface area contributed by atoms with E-state index in [1.807, 2.05) is 60.9 Å². The van der Waals surface area contributed by atoms with Crippen LogP contribution in [-0.4, -0.2) is 55.3 Å². The zero-order valence-electron chi connectivity index (χ0n) is 16.2. The van der Waals surface area contributed by atoms with Gasteiger partial charge in [-0.05, 0) is 25.5 Å². The number of hydrogen-bond acceptors (Lipinski definition) is 7. The van der Waals surface area contributed by atoms with Gasteiger partial charge in [0, 0.05) is 0 Å². The summed E-state index contributed by atoms with van der Waals surface area (Å²) in [5, 5.41) is 9.71. The molecule has 1 N–H and O–H groups in total. The van der Waals surface area contributed by atoms with Crippen molar-refractivity contribution in [3.05, 3.63) is 54.2 Å². The standard InChI is InChI=1S/C21H22N4O4/c1-21(2)28-17-15(10-26)27-20(18(17)29-21)25-12-24-16-14(22-11-23-19(16)25)9-8-13-6-4-3-5-7-13/h3-9,11-12,15,17-18,20,26H,10H2,1-2H3/b9-8+/t15-,17-,18-,20-/m1/s1. The normalized spacial score (nSPS) is 28.4. The second-order valence-corrected chi connectivity index (χ2v) is 7.64. The van der Waals surface area contributed by atoms with E-state index >= 15 is 0 Å². The number of aliphatic hydroxyl groups is 1. The van der Waals surface area contributed by atoms with Crippen molar-refractivity contribution in [3.63, 3.8) is 0 Å². The Morgan fingerprint density at radius 3 is 2.66 bits per heavy atom. The fourth-order valence-electron chi connectivity index (χ4n) is 3.95. The smallest absolute Gasteiger partial charge is 0.166 e. The predicted molar refractivity (Wildman–Crippen MR) is 106 cm³/mol. The van der Waals surface area contributed by atoms with E-state index < -0.39 is 18.1 Å². The first kappa shape index (κ1) is 18.4. The molecular formula is C21H22N4O4. The molecule has 2 fully saturated rings. The Kier molecular flexibility index (Phi) is 4.44. The lowest BCUT2D eigenvalue weighted by Gasteiger charge is -2.24. The highest BCUT2D eigenvalue weighted by Crippen LogP contribution is 2.43. The highest BCUT2D eigenvalue weighted by molar-refractivity contribution is 5.84. The highest BCUT2D eigenvalue weighted by Gasteiger charge is 2.55. The number of ether oxygens (including phenoxy) is 3. The number of benzene rings is 1. The van der Waals surface area contributed by atoms with E-state index in [1.165, 1.54) is 6.33 Å². The van der Waals surface area contributed by atoms with E-state index in [0.717, 1.165) is 11.3 Å². The minimum atomic E-state index is -0.736. The maximum absolute atomic E-state index is 9.71. The van der Waals surface area contributed by atoms with Crippen LogP contribution in [0.1, 0.15) is 31.3 Å². The molecule has 8 heteroatoms. The van der Waals surface area contributed by atoms with Crippen LogP contribution in [0.5, 0.6) is 0 Å². The van der Waals surface area contributed by atoms with E-state index in [9.17, 15) is 5.11 Å². The summed E-state index contributed by atoms with van der Waals surface area (Å²) >= 11 is 0. The summed E-state index contributed by atoms with van der Waals surface area (Å²) in [6.45, 7) is 3.57. The zero-order chi connectivity index (χ0) is 20.0. The average molecular weight is 394 g/mol. The summed E-state index contributed by atoms with van der Waals surface area (Å²) in [6.07, 6.45) is 5.42. The molecule has 0 saturated carbocycles. The number of imidazole rings is 1. The topological polar surface area (TPSA) is 91.5 Å². The van der Waals surface area contributed by atoms with Gasteiger partial charge < -0.3 is 19.3 Å². The van der Waals surface area contributed by atoms with Crippen molar-refractivity contribution in [2.75, 3.05) is 6.61 Å². The van der Waals surface area contributed by atoms with E-state index in [1.54, 1.807) is 6.33 Å². The van der Waals surface area contributed by atoms with E-state index in [2.05, 4.69) is 15.0 Å². The molecule has 5 rings (SSSR count). The van der Waals surface area contributed by atoms with Gasteiger partial charge in [-0.25, -0.2) is 15.0 Å². The van der Waals surface area contributed by atoms with Crippen molar-refractivity contribution in [2.24, 2.45) is 0 Å². The molecule has 150 valence electrons. The molecule has 0 radical (unpaired) electrons. The Labute approximate surface area is 167 Å². The number of aliphatic hydroxyl groups excluding tert-OH is 1. The number of hydrogen-bond donors (Lipinski definition) is 1. The lowest BCUT2D eigenvalue weighted by molar-refractivity contribution is -0.199. The van der Waals surface area contributed by atoms with Gasteiger partial charge in [-0.15, -0.1) is 0 Å². The van der Waals surface area contributed by atoms with Crippen LogP contribution in [0, 0.1) is 0 Å². The number of aromatic nitrogens is 4. The quantitative estimate of drug-likeness (QED) is 0.726. The summed E-state index contributed by atoms with van der Waals surface area (Å²) in [4.78, 5) is 13.3. The minimum absolute atomic E-state index is 0.149. The van der Waals surface area contributed by atoms with Gasteiger partial charge in [-0.1, -0.05) is 36.4 Å². The van der Waals surface area contributed by atoms with Crippen molar-refractivity contribution in [2.45, 2.75) is 44.2 Å². The molecule has 3 aromatic rings. The van der Waals surface area contributed by atoms with Crippen LogP contribution in [0.4, 0.5) is 0 Å². The molecule has 0 aliphatic carbocycles.